The second-order valence-corrected chi connectivity index (χ2v) is 2.14. The van der Waals surface area contributed by atoms with Gasteiger partial charge in [-0.25, -0.2) is 9.37 Å². The summed E-state index contributed by atoms with van der Waals surface area (Å²) in [6, 6.07) is 1.06. The Hall–Kier alpha value is -1.03. The summed E-state index contributed by atoms with van der Waals surface area (Å²) >= 11 is 0. The van der Waals surface area contributed by atoms with E-state index in [1.54, 1.807) is 0 Å². The third-order valence-corrected chi connectivity index (χ3v) is 1.32. The van der Waals surface area contributed by atoms with Crippen LogP contribution in [0.2, 0.25) is 0 Å². The molecule has 0 radical (unpaired) electrons. The van der Waals surface area contributed by atoms with Crippen molar-refractivity contribution in [1.82, 2.24) is 4.98 Å². The van der Waals surface area contributed by atoms with Crippen LogP contribution >= 0.6 is 0 Å². The van der Waals surface area contributed by atoms with Gasteiger partial charge in [0.15, 0.2) is 0 Å². The molecule has 0 aromatic carbocycles. The number of hydrogen-bond donors (Lipinski definition) is 1. The number of aromatic nitrogens is 1. The van der Waals surface area contributed by atoms with E-state index in [2.05, 4.69) is 4.98 Å². The zero-order valence-corrected chi connectivity index (χ0v) is 5.85. The van der Waals surface area contributed by atoms with Gasteiger partial charge in [-0.2, -0.15) is 4.39 Å². The topological polar surface area (TPSA) is 38.9 Å². The highest BCUT2D eigenvalue weighted by Gasteiger charge is 2.02. The minimum atomic E-state index is -0.671. The lowest BCUT2D eigenvalue weighted by Crippen LogP contribution is -2.05. The number of pyridine rings is 1. The summed E-state index contributed by atoms with van der Waals surface area (Å²) in [5, 5.41) is 0. The maximum atomic E-state index is 12.7. The Morgan fingerprint density at radius 2 is 2.18 bits per heavy atom. The maximum absolute atomic E-state index is 12.7. The molecule has 0 atom stereocenters. The van der Waals surface area contributed by atoms with Crippen molar-refractivity contribution in [2.24, 2.45) is 5.73 Å². The normalized spacial score (nSPS) is 10.1. The molecule has 0 unspecified atom stereocenters. The summed E-state index contributed by atoms with van der Waals surface area (Å²) in [5.74, 6) is -1.17. The summed E-state index contributed by atoms with van der Waals surface area (Å²) in [5.41, 5.74) is 5.45. The Bertz CT molecular complexity index is 250. The summed E-state index contributed by atoms with van der Waals surface area (Å²) in [6.07, 6.45) is 1.20. The van der Waals surface area contributed by atoms with Crippen molar-refractivity contribution in [3.63, 3.8) is 0 Å². The average molecular weight is 158 g/mol. The Morgan fingerprint density at radius 3 is 2.82 bits per heavy atom. The predicted octanol–water partition coefficient (Wildman–Crippen LogP) is 0.861. The minimum absolute atomic E-state index is 0.278. The van der Waals surface area contributed by atoms with Crippen LogP contribution in [0.5, 0.6) is 0 Å². The highest BCUT2D eigenvalue weighted by atomic mass is 19.1. The van der Waals surface area contributed by atoms with Gasteiger partial charge < -0.3 is 5.73 Å². The van der Waals surface area contributed by atoms with E-state index in [1.807, 2.05) is 0 Å². The van der Waals surface area contributed by atoms with Crippen LogP contribution in [0.3, 0.4) is 0 Å². The van der Waals surface area contributed by atoms with Crippen LogP contribution in [0.15, 0.2) is 12.3 Å². The molecular weight excluding hydrogens is 150 g/mol. The van der Waals surface area contributed by atoms with E-state index >= 15 is 0 Å². The molecular formula is C7H8F2N2. The minimum Gasteiger partial charge on any atom is -0.330 e. The Morgan fingerprint density at radius 1 is 1.45 bits per heavy atom. The van der Waals surface area contributed by atoms with E-state index in [-0.39, 0.29) is 5.56 Å². The fourth-order valence-electron chi connectivity index (χ4n) is 0.798. The molecule has 0 fully saturated rings. The molecule has 1 rings (SSSR count). The molecule has 0 spiro atoms. The summed E-state index contributed by atoms with van der Waals surface area (Å²) in [4.78, 5) is 3.14. The lowest BCUT2D eigenvalue weighted by atomic mass is 10.2. The monoisotopic (exact) mass is 158 g/mol. The van der Waals surface area contributed by atoms with Gasteiger partial charge in [0.1, 0.15) is 5.82 Å². The van der Waals surface area contributed by atoms with Gasteiger partial charge in [0.25, 0.3) is 0 Å². The number of hydrogen-bond acceptors (Lipinski definition) is 2. The van der Waals surface area contributed by atoms with Crippen LogP contribution in [0.4, 0.5) is 8.78 Å². The molecule has 0 aliphatic heterocycles. The molecule has 2 nitrogen and oxygen atoms in total. The largest absolute Gasteiger partial charge is 0.330 e. The van der Waals surface area contributed by atoms with Crippen molar-refractivity contribution in [1.29, 1.82) is 0 Å². The van der Waals surface area contributed by atoms with Crippen molar-refractivity contribution in [2.75, 3.05) is 6.54 Å². The molecule has 4 heteroatoms. The van der Waals surface area contributed by atoms with Gasteiger partial charge >= 0.3 is 0 Å². The lowest BCUT2D eigenvalue weighted by Gasteiger charge is -1.98. The lowest BCUT2D eigenvalue weighted by molar-refractivity contribution is 0.549. The second kappa shape index (κ2) is 3.39. The predicted molar refractivity (Wildman–Crippen MR) is 36.9 cm³/mol. The molecule has 0 amide bonds. The van der Waals surface area contributed by atoms with Gasteiger partial charge in [-0.3, -0.25) is 0 Å². The Kier molecular flexibility index (Phi) is 2.48. The molecule has 11 heavy (non-hydrogen) atoms. The van der Waals surface area contributed by atoms with Gasteiger partial charge in [-0.05, 0) is 24.6 Å². The van der Waals surface area contributed by atoms with E-state index < -0.39 is 11.8 Å². The summed E-state index contributed by atoms with van der Waals surface area (Å²) in [7, 11) is 0. The molecule has 0 saturated heterocycles. The van der Waals surface area contributed by atoms with Crippen LogP contribution in [0.25, 0.3) is 0 Å². The third kappa shape index (κ3) is 1.94. The number of nitrogens with zero attached hydrogens (tertiary/aromatic N) is 1. The first-order valence-electron chi connectivity index (χ1n) is 3.24. The van der Waals surface area contributed by atoms with Gasteiger partial charge in [-0.15, -0.1) is 0 Å². The smallest absolute Gasteiger partial charge is 0.213 e. The summed E-state index contributed by atoms with van der Waals surface area (Å²) < 4.78 is 25.0. The van der Waals surface area contributed by atoms with Crippen molar-refractivity contribution < 1.29 is 8.78 Å². The molecule has 0 bridgehead atoms. The van der Waals surface area contributed by atoms with Crippen LogP contribution in [0.1, 0.15) is 5.56 Å². The van der Waals surface area contributed by atoms with Gasteiger partial charge in [0.05, 0.1) is 6.20 Å². The first kappa shape index (κ1) is 8.07. The van der Waals surface area contributed by atoms with Crippen molar-refractivity contribution in [2.45, 2.75) is 6.42 Å². The van der Waals surface area contributed by atoms with Gasteiger partial charge in [0, 0.05) is 0 Å². The first-order chi connectivity index (χ1) is 5.24. The zero-order chi connectivity index (χ0) is 8.27. The highest BCUT2D eigenvalue weighted by Crippen LogP contribution is 2.06. The van der Waals surface area contributed by atoms with E-state index in [1.165, 1.54) is 0 Å². The molecule has 1 aromatic heterocycles. The van der Waals surface area contributed by atoms with E-state index in [9.17, 15) is 8.78 Å². The van der Waals surface area contributed by atoms with Crippen molar-refractivity contribution >= 4 is 0 Å². The van der Waals surface area contributed by atoms with E-state index in [0.717, 1.165) is 12.3 Å². The van der Waals surface area contributed by atoms with Crippen molar-refractivity contribution in [3.8, 4) is 0 Å². The number of rotatable bonds is 2. The van der Waals surface area contributed by atoms with E-state index in [0.29, 0.717) is 13.0 Å². The number of nitrogens with two attached hydrogens (primary N) is 1. The van der Waals surface area contributed by atoms with Gasteiger partial charge in [0.2, 0.25) is 5.95 Å². The SMILES string of the molecule is NCCc1cc(F)ncc1F. The average Bonchev–Trinajstić information content (AvgIpc) is 1.98. The molecule has 0 aliphatic rings. The van der Waals surface area contributed by atoms with Crippen LogP contribution < -0.4 is 5.73 Å². The van der Waals surface area contributed by atoms with E-state index in [4.69, 9.17) is 5.73 Å². The Labute approximate surface area is 63.1 Å². The maximum Gasteiger partial charge on any atom is 0.213 e. The van der Waals surface area contributed by atoms with Crippen LogP contribution in [-0.2, 0) is 6.42 Å². The third-order valence-electron chi connectivity index (χ3n) is 1.32. The molecule has 2 N–H and O–H groups in total. The molecule has 1 heterocycles. The first-order valence-corrected chi connectivity index (χ1v) is 3.24. The standard InChI is InChI=1S/C7H8F2N2/c8-6-4-11-7(9)3-5(6)1-2-10/h3-4H,1-2,10H2. The molecule has 0 aliphatic carbocycles. The quantitative estimate of drug-likeness (QED) is 0.648. The molecule has 1 aromatic rings. The highest BCUT2D eigenvalue weighted by molar-refractivity contribution is 5.13. The van der Waals surface area contributed by atoms with Crippen molar-refractivity contribution in [3.05, 3.63) is 29.6 Å². The molecule has 60 valence electrons. The zero-order valence-electron chi connectivity index (χ0n) is 5.85. The fraction of sp³-hybridized carbons (Fsp3) is 0.286. The summed E-state index contributed by atoms with van der Waals surface area (Å²) in [6.45, 7) is 0.306. The second-order valence-electron chi connectivity index (χ2n) is 2.14. The van der Waals surface area contributed by atoms with Crippen LogP contribution in [-0.4, -0.2) is 11.5 Å². The van der Waals surface area contributed by atoms with Crippen LogP contribution in [0, 0.1) is 11.8 Å². The molecule has 0 saturated carbocycles. The van der Waals surface area contributed by atoms with Gasteiger partial charge in [-0.1, -0.05) is 0 Å². The number of halogens is 2. The fourth-order valence-corrected chi connectivity index (χ4v) is 0.798. The Balaban J connectivity index is 2.93.